The minimum Gasteiger partial charge on any atom is -0.359 e. The Bertz CT molecular complexity index is 888. The van der Waals surface area contributed by atoms with Gasteiger partial charge in [-0.05, 0) is 17.5 Å². The van der Waals surface area contributed by atoms with Gasteiger partial charge in [0.05, 0.1) is 17.1 Å². The van der Waals surface area contributed by atoms with Crippen molar-refractivity contribution >= 4 is 16.0 Å². The molecule has 27 heavy (non-hydrogen) atoms. The van der Waals surface area contributed by atoms with Crippen molar-refractivity contribution in [3.63, 3.8) is 0 Å². The average molecular weight is 394 g/mol. The van der Waals surface area contributed by atoms with Gasteiger partial charge in [-0.25, -0.2) is 12.7 Å². The summed E-state index contributed by atoms with van der Waals surface area (Å²) in [7, 11) is 1.17. The van der Waals surface area contributed by atoms with Crippen LogP contribution in [0.25, 0.3) is 0 Å². The van der Waals surface area contributed by atoms with Crippen LogP contribution in [0.3, 0.4) is 0 Å². The van der Waals surface area contributed by atoms with Crippen LogP contribution in [0, 0.1) is 0 Å². The fourth-order valence-electron chi connectivity index (χ4n) is 2.35. The molecule has 148 valence electrons. The van der Waals surface area contributed by atoms with Gasteiger partial charge in [-0.2, -0.15) is 0 Å². The maximum atomic E-state index is 12.5. The number of aromatic nitrogens is 1. The molecule has 0 spiro atoms. The smallest absolute Gasteiger partial charge is 0.242 e. The summed E-state index contributed by atoms with van der Waals surface area (Å²) in [6.45, 7) is 4.84. The molecule has 1 aromatic carbocycles. The second kappa shape index (κ2) is 9.01. The Kier molecular flexibility index (Phi) is 6.98. The number of hydrogen-bond donors (Lipinski definition) is 2. The summed E-state index contributed by atoms with van der Waals surface area (Å²) in [5.74, 6) is 1.54. The number of nitrogens with zero attached hydrogens (tertiary/aromatic N) is 3. The number of sulfonamides is 1. The molecule has 9 heteroatoms. The van der Waals surface area contributed by atoms with E-state index in [1.165, 1.54) is 18.4 Å². The number of guanidine groups is 1. The predicted octanol–water partition coefficient (Wildman–Crippen LogP) is 1.91. The second-order valence-corrected chi connectivity index (χ2v) is 8.67. The summed E-state index contributed by atoms with van der Waals surface area (Å²) in [5, 5.41) is 10.3. The van der Waals surface area contributed by atoms with Crippen molar-refractivity contribution in [1.29, 1.82) is 0 Å². The minimum absolute atomic E-state index is 0.273. The molecule has 0 saturated carbocycles. The van der Waals surface area contributed by atoms with Crippen LogP contribution in [0.4, 0.5) is 0 Å². The standard InChI is InChI=1S/C18H27N5O3S/c1-13(2)16-10-15(26-22-16)12-21-18(19-3)20-11-14-8-6-7-9-17(14)27(24,25)23(4)5/h6-10,13H,11-12H2,1-5H3,(H2,19,20,21). The summed E-state index contributed by atoms with van der Waals surface area (Å²) in [4.78, 5) is 4.43. The molecule has 2 aromatic rings. The molecule has 1 heterocycles. The first-order valence-corrected chi connectivity index (χ1v) is 10.1. The first-order chi connectivity index (χ1) is 12.8. The van der Waals surface area contributed by atoms with E-state index in [0.717, 1.165) is 5.69 Å². The molecule has 0 bridgehead atoms. The Labute approximate surface area is 160 Å². The lowest BCUT2D eigenvalue weighted by Crippen LogP contribution is -2.36. The van der Waals surface area contributed by atoms with Crippen molar-refractivity contribution in [1.82, 2.24) is 20.1 Å². The van der Waals surface area contributed by atoms with Crippen LogP contribution >= 0.6 is 0 Å². The molecule has 0 saturated heterocycles. The maximum absolute atomic E-state index is 12.5. The molecule has 1 aromatic heterocycles. The van der Waals surface area contributed by atoms with E-state index < -0.39 is 10.0 Å². The molecule has 0 aliphatic heterocycles. The number of rotatable bonds is 7. The fourth-order valence-corrected chi connectivity index (χ4v) is 3.47. The van der Waals surface area contributed by atoms with Crippen molar-refractivity contribution in [2.24, 2.45) is 4.99 Å². The van der Waals surface area contributed by atoms with Gasteiger partial charge < -0.3 is 15.2 Å². The number of hydrogen-bond acceptors (Lipinski definition) is 5. The van der Waals surface area contributed by atoms with Crippen molar-refractivity contribution in [3.05, 3.63) is 47.3 Å². The SMILES string of the molecule is CN=C(NCc1cc(C(C)C)no1)NCc1ccccc1S(=O)(=O)N(C)C. The Morgan fingerprint density at radius 1 is 1.22 bits per heavy atom. The largest absolute Gasteiger partial charge is 0.359 e. The van der Waals surface area contributed by atoms with Crippen LogP contribution in [-0.2, 0) is 23.1 Å². The Morgan fingerprint density at radius 3 is 2.48 bits per heavy atom. The van der Waals surface area contributed by atoms with Crippen LogP contribution in [0.5, 0.6) is 0 Å². The third kappa shape index (κ3) is 5.30. The molecule has 0 aliphatic rings. The van der Waals surface area contributed by atoms with Crippen molar-refractivity contribution < 1.29 is 12.9 Å². The summed E-state index contributed by atoms with van der Waals surface area (Å²) in [5.41, 5.74) is 1.56. The first-order valence-electron chi connectivity index (χ1n) is 8.66. The van der Waals surface area contributed by atoms with Crippen molar-refractivity contribution in [2.75, 3.05) is 21.1 Å². The predicted molar refractivity (Wildman–Crippen MR) is 105 cm³/mol. The summed E-state index contributed by atoms with van der Waals surface area (Å²) >= 11 is 0. The van der Waals surface area contributed by atoms with Crippen LogP contribution in [0.2, 0.25) is 0 Å². The Morgan fingerprint density at radius 2 is 1.89 bits per heavy atom. The number of aliphatic imine (C=N–C) groups is 1. The quantitative estimate of drug-likeness (QED) is 0.551. The van der Waals surface area contributed by atoms with Gasteiger partial charge in [0.15, 0.2) is 11.7 Å². The van der Waals surface area contributed by atoms with Gasteiger partial charge >= 0.3 is 0 Å². The molecule has 0 atom stereocenters. The number of benzene rings is 1. The third-order valence-electron chi connectivity index (χ3n) is 4.00. The van der Waals surface area contributed by atoms with Crippen LogP contribution in [-0.4, -0.2) is 45.0 Å². The highest BCUT2D eigenvalue weighted by Crippen LogP contribution is 2.18. The van der Waals surface area contributed by atoms with E-state index in [4.69, 9.17) is 4.52 Å². The molecule has 0 radical (unpaired) electrons. The van der Waals surface area contributed by atoms with Crippen LogP contribution in [0.1, 0.15) is 36.8 Å². The molecular formula is C18H27N5O3S. The molecular weight excluding hydrogens is 366 g/mol. The number of nitrogens with one attached hydrogen (secondary N) is 2. The molecule has 2 N–H and O–H groups in total. The van der Waals surface area contributed by atoms with Crippen molar-refractivity contribution in [3.8, 4) is 0 Å². The van der Waals surface area contributed by atoms with Crippen LogP contribution in [0.15, 0.2) is 44.7 Å². The lowest BCUT2D eigenvalue weighted by Gasteiger charge is -2.16. The van der Waals surface area contributed by atoms with Gasteiger partial charge in [0.1, 0.15) is 0 Å². The highest BCUT2D eigenvalue weighted by atomic mass is 32.2. The van der Waals surface area contributed by atoms with E-state index in [1.54, 1.807) is 25.2 Å². The van der Waals surface area contributed by atoms with E-state index in [2.05, 4.69) is 34.6 Å². The van der Waals surface area contributed by atoms with E-state index in [9.17, 15) is 8.42 Å². The molecule has 0 fully saturated rings. The molecule has 0 aliphatic carbocycles. The molecule has 2 rings (SSSR count). The molecule has 0 unspecified atom stereocenters. The monoisotopic (exact) mass is 393 g/mol. The summed E-state index contributed by atoms with van der Waals surface area (Å²) < 4.78 is 31.4. The van der Waals surface area contributed by atoms with Gasteiger partial charge in [0.25, 0.3) is 0 Å². The molecule has 8 nitrogen and oxygen atoms in total. The van der Waals surface area contributed by atoms with E-state index >= 15 is 0 Å². The zero-order valence-electron chi connectivity index (χ0n) is 16.4. The first kappa shape index (κ1) is 20.9. The minimum atomic E-state index is -3.51. The van der Waals surface area contributed by atoms with Gasteiger partial charge in [0, 0.05) is 33.8 Å². The summed E-state index contributed by atoms with van der Waals surface area (Å²) in [6, 6.07) is 8.81. The topological polar surface area (TPSA) is 99.8 Å². The normalized spacial score (nSPS) is 12.6. The molecule has 0 amide bonds. The maximum Gasteiger partial charge on any atom is 0.242 e. The van der Waals surface area contributed by atoms with Gasteiger partial charge in [-0.15, -0.1) is 0 Å². The van der Waals surface area contributed by atoms with Gasteiger partial charge in [-0.1, -0.05) is 37.2 Å². The fraction of sp³-hybridized carbons (Fsp3) is 0.444. The summed E-state index contributed by atoms with van der Waals surface area (Å²) in [6.07, 6.45) is 0. The van der Waals surface area contributed by atoms with E-state index in [-0.39, 0.29) is 4.90 Å². The highest BCUT2D eigenvalue weighted by Gasteiger charge is 2.20. The van der Waals surface area contributed by atoms with Crippen molar-refractivity contribution in [2.45, 2.75) is 37.8 Å². The third-order valence-corrected chi connectivity index (χ3v) is 5.92. The lowest BCUT2D eigenvalue weighted by atomic mass is 10.1. The van der Waals surface area contributed by atoms with Gasteiger partial charge in [0.2, 0.25) is 10.0 Å². The lowest BCUT2D eigenvalue weighted by molar-refractivity contribution is 0.372. The van der Waals surface area contributed by atoms with Gasteiger partial charge in [-0.3, -0.25) is 4.99 Å². The zero-order chi connectivity index (χ0) is 20.0. The Balaban J connectivity index is 2.02. The zero-order valence-corrected chi connectivity index (χ0v) is 17.2. The highest BCUT2D eigenvalue weighted by molar-refractivity contribution is 7.89. The van der Waals surface area contributed by atoms with E-state index in [1.807, 2.05) is 12.1 Å². The van der Waals surface area contributed by atoms with Crippen LogP contribution < -0.4 is 10.6 Å². The average Bonchev–Trinajstić information content (AvgIpc) is 3.11. The Hall–Kier alpha value is -2.39. The van der Waals surface area contributed by atoms with E-state index in [0.29, 0.717) is 36.3 Å². The second-order valence-electron chi connectivity index (χ2n) is 6.55.